The van der Waals surface area contributed by atoms with Crippen molar-refractivity contribution in [1.29, 1.82) is 0 Å². The Kier molecular flexibility index (Phi) is 2.61. The van der Waals surface area contributed by atoms with Crippen molar-refractivity contribution in [3.8, 4) is 12.3 Å². The topological polar surface area (TPSA) is 29.5 Å². The van der Waals surface area contributed by atoms with E-state index in [0.717, 1.165) is 18.9 Å². The summed E-state index contributed by atoms with van der Waals surface area (Å²) in [7, 11) is 0. The molecule has 0 unspecified atom stereocenters. The van der Waals surface area contributed by atoms with Crippen molar-refractivity contribution in [3.63, 3.8) is 0 Å². The molecule has 0 N–H and O–H groups in total. The monoisotopic (exact) mass is 221 g/mol. The standard InChI is InChI=1S/C13H19NO2/c1-5-11-7-9-6-10(9)8-14(11)12(15)16-13(2,3)4/h1,9-11H,6-8H2,2-4H3/t9-,10+,11-/m1/s1. The number of hydrogen-bond donors (Lipinski definition) is 0. The maximum atomic E-state index is 12.0. The highest BCUT2D eigenvalue weighted by atomic mass is 16.6. The highest BCUT2D eigenvalue weighted by Gasteiger charge is 2.47. The molecule has 1 aliphatic carbocycles. The first-order valence-electron chi connectivity index (χ1n) is 5.86. The predicted molar refractivity (Wildman–Crippen MR) is 61.8 cm³/mol. The lowest BCUT2D eigenvalue weighted by Crippen LogP contribution is -2.46. The van der Waals surface area contributed by atoms with E-state index < -0.39 is 5.60 Å². The molecule has 0 bridgehead atoms. The Balaban J connectivity index is 2.01. The second kappa shape index (κ2) is 3.69. The maximum Gasteiger partial charge on any atom is 0.411 e. The normalized spacial score (nSPS) is 32.6. The number of terminal acetylenes is 1. The summed E-state index contributed by atoms with van der Waals surface area (Å²) in [6.07, 6.45) is 7.38. The van der Waals surface area contributed by atoms with Crippen LogP contribution < -0.4 is 0 Å². The average Bonchev–Trinajstić information content (AvgIpc) is 2.90. The van der Waals surface area contributed by atoms with Crippen LogP contribution in [0.4, 0.5) is 4.79 Å². The van der Waals surface area contributed by atoms with Crippen molar-refractivity contribution in [2.75, 3.05) is 6.54 Å². The predicted octanol–water partition coefficient (Wildman–Crippen LogP) is 2.27. The van der Waals surface area contributed by atoms with E-state index in [2.05, 4.69) is 5.92 Å². The van der Waals surface area contributed by atoms with Crippen LogP contribution in [-0.4, -0.2) is 29.2 Å². The summed E-state index contributed by atoms with van der Waals surface area (Å²) in [6.45, 7) is 6.40. The van der Waals surface area contributed by atoms with E-state index >= 15 is 0 Å². The van der Waals surface area contributed by atoms with Gasteiger partial charge < -0.3 is 4.74 Å². The number of hydrogen-bond acceptors (Lipinski definition) is 2. The highest BCUT2D eigenvalue weighted by molar-refractivity contribution is 5.69. The SMILES string of the molecule is C#C[C@@H]1C[C@H]2C[C@H]2CN1C(=O)OC(C)(C)C. The van der Waals surface area contributed by atoms with Crippen LogP contribution in [0.15, 0.2) is 0 Å². The van der Waals surface area contributed by atoms with Crippen molar-refractivity contribution in [2.24, 2.45) is 11.8 Å². The van der Waals surface area contributed by atoms with Gasteiger partial charge in [0.05, 0.1) is 6.04 Å². The third-order valence-electron chi connectivity index (χ3n) is 3.22. The Bertz CT molecular complexity index is 337. The van der Waals surface area contributed by atoms with E-state index in [1.807, 2.05) is 20.8 Å². The van der Waals surface area contributed by atoms with Crippen LogP contribution in [0.25, 0.3) is 0 Å². The first-order valence-corrected chi connectivity index (χ1v) is 5.86. The van der Waals surface area contributed by atoms with Gasteiger partial charge in [-0.1, -0.05) is 5.92 Å². The minimum Gasteiger partial charge on any atom is -0.444 e. The van der Waals surface area contributed by atoms with Crippen LogP contribution in [0.3, 0.4) is 0 Å². The van der Waals surface area contributed by atoms with Crippen molar-refractivity contribution in [1.82, 2.24) is 4.90 Å². The molecule has 3 heteroatoms. The number of carbonyl (C=O) groups excluding carboxylic acids is 1. The number of carbonyl (C=O) groups is 1. The van der Waals surface area contributed by atoms with E-state index in [0.29, 0.717) is 5.92 Å². The quantitative estimate of drug-likeness (QED) is 0.587. The Hall–Kier alpha value is -1.17. The van der Waals surface area contributed by atoms with Gasteiger partial charge in [-0.25, -0.2) is 4.79 Å². The lowest BCUT2D eigenvalue weighted by molar-refractivity contribution is 0.0148. The fraction of sp³-hybridized carbons (Fsp3) is 0.769. The van der Waals surface area contributed by atoms with Gasteiger partial charge in [0.1, 0.15) is 5.60 Å². The number of ether oxygens (including phenoxy) is 1. The van der Waals surface area contributed by atoms with Gasteiger partial charge in [-0.05, 0) is 45.4 Å². The molecule has 1 saturated carbocycles. The molecule has 1 amide bonds. The molecule has 2 aliphatic rings. The molecule has 88 valence electrons. The second-order valence-corrected chi connectivity index (χ2v) is 5.81. The summed E-state index contributed by atoms with van der Waals surface area (Å²) in [5, 5.41) is 0. The van der Waals surface area contributed by atoms with Crippen molar-refractivity contribution in [3.05, 3.63) is 0 Å². The van der Waals surface area contributed by atoms with Crippen LogP contribution in [-0.2, 0) is 4.74 Å². The lowest BCUT2D eigenvalue weighted by atomic mass is 10.0. The smallest absolute Gasteiger partial charge is 0.411 e. The average molecular weight is 221 g/mol. The number of amides is 1. The number of piperidine rings is 1. The molecule has 2 fully saturated rings. The third kappa shape index (κ3) is 2.32. The van der Waals surface area contributed by atoms with E-state index in [4.69, 9.17) is 11.2 Å². The minimum atomic E-state index is -0.448. The van der Waals surface area contributed by atoms with Crippen LogP contribution >= 0.6 is 0 Å². The molecule has 1 aliphatic heterocycles. The van der Waals surface area contributed by atoms with E-state index in [-0.39, 0.29) is 12.1 Å². The van der Waals surface area contributed by atoms with Gasteiger partial charge in [0.2, 0.25) is 0 Å². The fourth-order valence-electron chi connectivity index (χ4n) is 2.30. The Labute approximate surface area is 97.1 Å². The molecule has 3 atom stereocenters. The van der Waals surface area contributed by atoms with Crippen LogP contribution in [0, 0.1) is 24.2 Å². The Morgan fingerprint density at radius 3 is 2.62 bits per heavy atom. The summed E-state index contributed by atoms with van der Waals surface area (Å²) in [5.41, 5.74) is -0.448. The third-order valence-corrected chi connectivity index (χ3v) is 3.22. The maximum absolute atomic E-state index is 12.0. The molecule has 3 nitrogen and oxygen atoms in total. The van der Waals surface area contributed by atoms with Crippen molar-refractivity contribution >= 4 is 6.09 Å². The zero-order valence-corrected chi connectivity index (χ0v) is 10.2. The number of rotatable bonds is 0. The van der Waals surface area contributed by atoms with E-state index in [9.17, 15) is 4.79 Å². The summed E-state index contributed by atoms with van der Waals surface area (Å²) in [5.74, 6) is 4.12. The summed E-state index contributed by atoms with van der Waals surface area (Å²) < 4.78 is 5.37. The van der Waals surface area contributed by atoms with Gasteiger partial charge in [0.25, 0.3) is 0 Å². The molecule has 0 radical (unpaired) electrons. The second-order valence-electron chi connectivity index (χ2n) is 5.81. The summed E-state index contributed by atoms with van der Waals surface area (Å²) in [6, 6.07) is -0.0707. The van der Waals surface area contributed by atoms with Gasteiger partial charge in [-0.3, -0.25) is 4.90 Å². The number of likely N-dealkylation sites (tertiary alicyclic amines) is 1. The van der Waals surface area contributed by atoms with E-state index in [1.54, 1.807) is 4.90 Å². The fourth-order valence-corrected chi connectivity index (χ4v) is 2.30. The van der Waals surface area contributed by atoms with Crippen molar-refractivity contribution < 1.29 is 9.53 Å². The molecular formula is C13H19NO2. The first-order chi connectivity index (χ1) is 7.40. The molecule has 1 heterocycles. The lowest BCUT2D eigenvalue weighted by Gasteiger charge is -2.33. The molecule has 0 aromatic heterocycles. The van der Waals surface area contributed by atoms with Crippen LogP contribution in [0.5, 0.6) is 0 Å². The molecular weight excluding hydrogens is 202 g/mol. The number of fused-ring (bicyclic) bond motifs is 1. The number of nitrogens with zero attached hydrogens (tertiary/aromatic N) is 1. The van der Waals surface area contributed by atoms with Crippen LogP contribution in [0.1, 0.15) is 33.6 Å². The molecule has 0 aromatic carbocycles. The first kappa shape index (κ1) is 11.3. The summed E-state index contributed by atoms with van der Waals surface area (Å²) >= 11 is 0. The molecule has 1 saturated heterocycles. The van der Waals surface area contributed by atoms with Gasteiger partial charge in [-0.15, -0.1) is 6.42 Å². The van der Waals surface area contributed by atoms with Gasteiger partial charge >= 0.3 is 6.09 Å². The van der Waals surface area contributed by atoms with E-state index in [1.165, 1.54) is 6.42 Å². The largest absolute Gasteiger partial charge is 0.444 e. The van der Waals surface area contributed by atoms with Gasteiger partial charge in [-0.2, -0.15) is 0 Å². The van der Waals surface area contributed by atoms with Gasteiger partial charge in [0, 0.05) is 6.54 Å². The Morgan fingerprint density at radius 1 is 1.38 bits per heavy atom. The highest BCUT2D eigenvalue weighted by Crippen LogP contribution is 2.47. The van der Waals surface area contributed by atoms with Crippen molar-refractivity contribution in [2.45, 2.75) is 45.3 Å². The zero-order valence-electron chi connectivity index (χ0n) is 10.2. The Morgan fingerprint density at radius 2 is 2.06 bits per heavy atom. The zero-order chi connectivity index (χ0) is 11.9. The molecule has 0 spiro atoms. The molecule has 2 rings (SSSR count). The van der Waals surface area contributed by atoms with Crippen LogP contribution in [0.2, 0.25) is 0 Å². The van der Waals surface area contributed by atoms with Gasteiger partial charge in [0.15, 0.2) is 0 Å². The molecule has 16 heavy (non-hydrogen) atoms. The summed E-state index contributed by atoms with van der Waals surface area (Å²) in [4.78, 5) is 13.7. The minimum absolute atomic E-state index is 0.0707. The molecule has 0 aromatic rings.